The Morgan fingerprint density at radius 3 is 2.71 bits per heavy atom. The number of hydrogen-bond acceptors (Lipinski definition) is 5. The maximum atomic E-state index is 12.3. The zero-order valence-electron chi connectivity index (χ0n) is 15.1. The third-order valence-electron chi connectivity index (χ3n) is 4.20. The second-order valence-electron chi connectivity index (χ2n) is 6.23. The van der Waals surface area contributed by atoms with E-state index in [-0.39, 0.29) is 12.3 Å². The quantitative estimate of drug-likeness (QED) is 0.410. The number of halogens is 1. The summed E-state index contributed by atoms with van der Waals surface area (Å²) in [6.45, 7) is 2.15. The minimum absolute atomic E-state index is 0.129. The molecule has 3 aromatic heterocycles. The average Bonchev–Trinajstić information content (AvgIpc) is 3.42. The highest BCUT2D eigenvalue weighted by molar-refractivity contribution is 9.10. The van der Waals surface area contributed by atoms with Crippen LogP contribution in [-0.4, -0.2) is 10.9 Å². The number of carbonyl (C=O) groups is 1. The molecule has 0 aliphatic heterocycles. The third-order valence-corrected chi connectivity index (χ3v) is 5.59. The first-order valence-electron chi connectivity index (χ1n) is 8.70. The van der Waals surface area contributed by atoms with Crippen LogP contribution in [-0.2, 0) is 17.8 Å². The number of rotatable bonds is 6. The molecule has 0 spiro atoms. The van der Waals surface area contributed by atoms with Crippen molar-refractivity contribution in [2.24, 2.45) is 0 Å². The second kappa shape index (κ2) is 8.16. The number of aryl methyl sites for hydroxylation is 1. The predicted octanol–water partition coefficient (Wildman–Crippen LogP) is 5.59. The molecule has 4 aromatic rings. The summed E-state index contributed by atoms with van der Waals surface area (Å²) in [7, 11) is 0. The van der Waals surface area contributed by atoms with Crippen LogP contribution in [0, 0.1) is 6.92 Å². The van der Waals surface area contributed by atoms with E-state index in [2.05, 4.69) is 26.2 Å². The van der Waals surface area contributed by atoms with Crippen molar-refractivity contribution in [1.82, 2.24) is 10.3 Å². The van der Waals surface area contributed by atoms with E-state index in [9.17, 15) is 4.79 Å². The number of furan rings is 1. The van der Waals surface area contributed by atoms with Gasteiger partial charge in [-0.15, -0.1) is 11.3 Å². The van der Waals surface area contributed by atoms with Gasteiger partial charge >= 0.3 is 0 Å². The monoisotopic (exact) mass is 456 g/mol. The molecule has 0 aliphatic carbocycles. The number of nitrogens with zero attached hydrogens (tertiary/aromatic N) is 1. The Bertz CT molecular complexity index is 1080. The zero-order valence-corrected chi connectivity index (χ0v) is 17.5. The molecule has 0 aliphatic rings. The highest BCUT2D eigenvalue weighted by Gasteiger charge is 2.15. The number of nitrogens with one attached hydrogen (secondary N) is 1. The van der Waals surface area contributed by atoms with Gasteiger partial charge in [0.1, 0.15) is 17.3 Å². The first-order chi connectivity index (χ1) is 13.6. The van der Waals surface area contributed by atoms with Crippen LogP contribution in [0.4, 0.5) is 0 Å². The van der Waals surface area contributed by atoms with Crippen molar-refractivity contribution >= 4 is 33.2 Å². The Kier molecular flexibility index (Phi) is 5.45. The zero-order chi connectivity index (χ0) is 19.5. The van der Waals surface area contributed by atoms with Gasteiger partial charge in [0.2, 0.25) is 11.8 Å². The first kappa shape index (κ1) is 18.7. The fourth-order valence-corrected chi connectivity index (χ4v) is 3.65. The summed E-state index contributed by atoms with van der Waals surface area (Å²) in [4.78, 5) is 17.7. The Labute approximate surface area is 174 Å². The molecule has 142 valence electrons. The summed E-state index contributed by atoms with van der Waals surface area (Å²) in [5, 5.41) is 4.84. The van der Waals surface area contributed by atoms with Gasteiger partial charge in [0.05, 0.1) is 23.5 Å². The van der Waals surface area contributed by atoms with Crippen molar-refractivity contribution in [1.29, 1.82) is 0 Å². The van der Waals surface area contributed by atoms with Crippen LogP contribution in [0.3, 0.4) is 0 Å². The summed E-state index contributed by atoms with van der Waals surface area (Å²) in [5.74, 6) is 2.55. The van der Waals surface area contributed by atoms with Crippen LogP contribution < -0.4 is 5.32 Å². The van der Waals surface area contributed by atoms with Gasteiger partial charge in [-0.1, -0.05) is 34.1 Å². The summed E-state index contributed by atoms with van der Waals surface area (Å²) in [6.07, 6.45) is 0.168. The molecular formula is C21H17BrN2O3S. The van der Waals surface area contributed by atoms with E-state index in [4.69, 9.17) is 8.83 Å². The van der Waals surface area contributed by atoms with Gasteiger partial charge in [-0.3, -0.25) is 4.79 Å². The van der Waals surface area contributed by atoms with Crippen molar-refractivity contribution in [3.05, 3.63) is 75.6 Å². The van der Waals surface area contributed by atoms with Crippen LogP contribution >= 0.6 is 27.3 Å². The number of thiophene rings is 1. The Hall–Kier alpha value is -2.64. The third kappa shape index (κ3) is 4.26. The number of aromatic nitrogens is 1. The maximum absolute atomic E-state index is 12.3. The summed E-state index contributed by atoms with van der Waals surface area (Å²) >= 11 is 4.97. The molecule has 0 radical (unpaired) electrons. The summed E-state index contributed by atoms with van der Waals surface area (Å²) in [5.41, 5.74) is 1.64. The average molecular weight is 457 g/mol. The smallest absolute Gasteiger partial charge is 0.236 e. The van der Waals surface area contributed by atoms with Gasteiger partial charge in [-0.25, -0.2) is 4.98 Å². The first-order valence-corrected chi connectivity index (χ1v) is 10.4. The van der Waals surface area contributed by atoms with Gasteiger partial charge < -0.3 is 14.2 Å². The van der Waals surface area contributed by atoms with Gasteiger partial charge in [-0.2, -0.15) is 0 Å². The van der Waals surface area contributed by atoms with Crippen molar-refractivity contribution in [2.75, 3.05) is 0 Å². The van der Waals surface area contributed by atoms with Crippen LogP contribution in [0.1, 0.15) is 17.2 Å². The molecule has 1 aromatic carbocycles. The minimum Gasteiger partial charge on any atom is -0.459 e. The highest BCUT2D eigenvalue weighted by atomic mass is 79.9. The van der Waals surface area contributed by atoms with Crippen molar-refractivity contribution in [3.63, 3.8) is 0 Å². The minimum atomic E-state index is -0.129. The highest BCUT2D eigenvalue weighted by Crippen LogP contribution is 2.26. The Morgan fingerprint density at radius 1 is 1.14 bits per heavy atom. The van der Waals surface area contributed by atoms with Crippen LogP contribution in [0.2, 0.25) is 0 Å². The molecule has 4 rings (SSSR count). The van der Waals surface area contributed by atoms with Gasteiger partial charge in [-0.05, 0) is 42.6 Å². The van der Waals surface area contributed by atoms with Crippen molar-refractivity contribution in [2.45, 2.75) is 19.9 Å². The van der Waals surface area contributed by atoms with E-state index >= 15 is 0 Å². The molecule has 7 heteroatoms. The fraction of sp³-hybridized carbons (Fsp3) is 0.143. The second-order valence-corrected chi connectivity index (χ2v) is 8.09. The molecule has 1 N–H and O–H groups in total. The Balaban J connectivity index is 1.36. The van der Waals surface area contributed by atoms with E-state index < -0.39 is 0 Å². The van der Waals surface area contributed by atoms with E-state index in [1.54, 1.807) is 11.3 Å². The topological polar surface area (TPSA) is 68.3 Å². The summed E-state index contributed by atoms with van der Waals surface area (Å²) < 4.78 is 12.5. The molecule has 3 heterocycles. The standard InChI is InChI=1S/C21H17BrN2O3S/c1-13-17(24-21(26-13)19-3-2-10-28-19)11-20(25)23-12-16-8-9-18(27-16)14-4-6-15(22)7-5-14/h2-10H,11-12H2,1H3,(H,23,25). The molecular weight excluding hydrogens is 440 g/mol. The lowest BCUT2D eigenvalue weighted by molar-refractivity contribution is -0.120. The lowest BCUT2D eigenvalue weighted by Crippen LogP contribution is -2.24. The van der Waals surface area contributed by atoms with Crippen LogP contribution in [0.15, 0.2) is 67.2 Å². The Morgan fingerprint density at radius 2 is 1.96 bits per heavy atom. The molecule has 0 saturated heterocycles. The molecule has 28 heavy (non-hydrogen) atoms. The lowest BCUT2D eigenvalue weighted by atomic mass is 10.2. The maximum Gasteiger partial charge on any atom is 0.236 e. The van der Waals surface area contributed by atoms with Crippen molar-refractivity contribution in [3.8, 4) is 22.1 Å². The SMILES string of the molecule is Cc1oc(-c2cccs2)nc1CC(=O)NCc1ccc(-c2ccc(Br)cc2)o1. The number of carbonyl (C=O) groups excluding carboxylic acids is 1. The molecule has 0 fully saturated rings. The number of amides is 1. The van der Waals surface area contributed by atoms with E-state index in [0.717, 1.165) is 20.7 Å². The lowest BCUT2D eigenvalue weighted by Gasteiger charge is -2.02. The van der Waals surface area contributed by atoms with E-state index in [0.29, 0.717) is 29.6 Å². The predicted molar refractivity (Wildman–Crippen MR) is 112 cm³/mol. The summed E-state index contributed by atoms with van der Waals surface area (Å²) in [6, 6.07) is 15.5. The van der Waals surface area contributed by atoms with Gasteiger partial charge in [0.15, 0.2) is 0 Å². The molecule has 0 unspecified atom stereocenters. The van der Waals surface area contributed by atoms with Crippen LogP contribution in [0.5, 0.6) is 0 Å². The largest absolute Gasteiger partial charge is 0.459 e. The van der Waals surface area contributed by atoms with E-state index in [1.165, 1.54) is 0 Å². The molecule has 1 amide bonds. The normalized spacial score (nSPS) is 10.9. The number of hydrogen-bond donors (Lipinski definition) is 1. The van der Waals surface area contributed by atoms with Crippen molar-refractivity contribution < 1.29 is 13.6 Å². The van der Waals surface area contributed by atoms with Crippen LogP contribution in [0.25, 0.3) is 22.1 Å². The molecule has 0 bridgehead atoms. The number of benzene rings is 1. The number of oxazole rings is 1. The van der Waals surface area contributed by atoms with Gasteiger partial charge in [0, 0.05) is 10.0 Å². The van der Waals surface area contributed by atoms with Gasteiger partial charge in [0.25, 0.3) is 0 Å². The molecule has 0 saturated carbocycles. The molecule has 0 atom stereocenters. The molecule has 5 nitrogen and oxygen atoms in total. The van der Waals surface area contributed by atoms with E-state index in [1.807, 2.05) is 60.8 Å². The fourth-order valence-electron chi connectivity index (χ4n) is 2.74.